The van der Waals surface area contributed by atoms with Crippen LogP contribution in [-0.4, -0.2) is 50.3 Å². The molecule has 1 saturated carbocycles. The molecule has 41 heavy (non-hydrogen) atoms. The van der Waals surface area contributed by atoms with Gasteiger partial charge in [-0.05, 0) is 74.4 Å². The lowest BCUT2D eigenvalue weighted by Gasteiger charge is -2.34. The zero-order valence-electron chi connectivity index (χ0n) is 24.3. The monoisotopic (exact) mass is 575 g/mol. The predicted octanol–water partition coefficient (Wildman–Crippen LogP) is 5.41. The molecule has 8 heteroatoms. The average molecular weight is 576 g/mol. The molecule has 0 aliphatic heterocycles. The Balaban J connectivity index is 1.69. The van der Waals surface area contributed by atoms with Crippen LogP contribution in [0.25, 0.3) is 0 Å². The molecule has 0 saturated heterocycles. The van der Waals surface area contributed by atoms with Crippen LogP contribution in [0.15, 0.2) is 83.8 Å². The summed E-state index contributed by atoms with van der Waals surface area (Å²) in [5.41, 5.74) is 3.12. The molecule has 0 spiro atoms. The zero-order valence-corrected chi connectivity index (χ0v) is 25.1. The number of carbonyl (C=O) groups excluding carboxylic acids is 2. The van der Waals surface area contributed by atoms with E-state index in [0.29, 0.717) is 25.1 Å². The maximum atomic E-state index is 14.2. The van der Waals surface area contributed by atoms with Crippen molar-refractivity contribution in [2.75, 3.05) is 17.4 Å². The number of rotatable bonds is 12. The molecule has 4 rings (SSSR count). The number of amides is 2. The molecule has 0 radical (unpaired) electrons. The van der Waals surface area contributed by atoms with E-state index in [-0.39, 0.29) is 16.8 Å². The number of nitrogens with one attached hydrogen (secondary N) is 1. The van der Waals surface area contributed by atoms with Crippen molar-refractivity contribution >= 4 is 27.5 Å². The average Bonchev–Trinajstić information content (AvgIpc) is 3.49. The van der Waals surface area contributed by atoms with Gasteiger partial charge < -0.3 is 10.2 Å². The van der Waals surface area contributed by atoms with E-state index in [1.165, 1.54) is 16.4 Å². The summed E-state index contributed by atoms with van der Waals surface area (Å²) in [5, 5.41) is 3.16. The van der Waals surface area contributed by atoms with Gasteiger partial charge in [0.15, 0.2) is 0 Å². The Morgan fingerprint density at radius 1 is 0.927 bits per heavy atom. The van der Waals surface area contributed by atoms with Gasteiger partial charge in [-0.15, -0.1) is 0 Å². The van der Waals surface area contributed by atoms with Crippen LogP contribution in [0.2, 0.25) is 0 Å². The van der Waals surface area contributed by atoms with Gasteiger partial charge in [0.25, 0.3) is 10.0 Å². The van der Waals surface area contributed by atoms with Crippen molar-refractivity contribution in [3.8, 4) is 0 Å². The lowest BCUT2D eigenvalue weighted by Crippen LogP contribution is -2.54. The first-order valence-electron chi connectivity index (χ1n) is 14.5. The van der Waals surface area contributed by atoms with Crippen LogP contribution in [0, 0.1) is 13.8 Å². The van der Waals surface area contributed by atoms with Crippen molar-refractivity contribution in [1.29, 1.82) is 0 Å². The molecule has 1 aliphatic carbocycles. The molecule has 1 aliphatic rings. The van der Waals surface area contributed by atoms with E-state index < -0.39 is 28.5 Å². The number of hydrogen-bond acceptors (Lipinski definition) is 4. The van der Waals surface area contributed by atoms with Crippen molar-refractivity contribution in [2.24, 2.45) is 0 Å². The summed E-state index contributed by atoms with van der Waals surface area (Å²) in [6.07, 6.45) is 5.02. The molecule has 0 heterocycles. The van der Waals surface area contributed by atoms with Gasteiger partial charge in [0.05, 0.1) is 10.6 Å². The first kappa shape index (κ1) is 30.3. The second kappa shape index (κ2) is 13.8. The predicted molar refractivity (Wildman–Crippen MR) is 163 cm³/mol. The fraction of sp³-hybridized carbons (Fsp3) is 0.394. The van der Waals surface area contributed by atoms with Crippen LogP contribution in [0.5, 0.6) is 0 Å². The van der Waals surface area contributed by atoms with Gasteiger partial charge in [-0.1, -0.05) is 80.4 Å². The van der Waals surface area contributed by atoms with Crippen LogP contribution in [0.1, 0.15) is 55.7 Å². The number of benzene rings is 3. The summed E-state index contributed by atoms with van der Waals surface area (Å²) >= 11 is 0. The quantitative estimate of drug-likeness (QED) is 0.313. The second-order valence-electron chi connectivity index (χ2n) is 10.9. The van der Waals surface area contributed by atoms with Gasteiger partial charge in [-0.3, -0.25) is 13.9 Å². The Morgan fingerprint density at radius 2 is 1.56 bits per heavy atom. The third-order valence-corrected chi connectivity index (χ3v) is 9.59. The molecule has 1 fully saturated rings. The Bertz CT molecular complexity index is 1420. The third kappa shape index (κ3) is 7.55. The molecule has 0 bridgehead atoms. The highest BCUT2D eigenvalue weighted by Crippen LogP contribution is 2.28. The Morgan fingerprint density at radius 3 is 2.20 bits per heavy atom. The summed E-state index contributed by atoms with van der Waals surface area (Å²) in [6, 6.07) is 23.0. The largest absolute Gasteiger partial charge is 0.352 e. The van der Waals surface area contributed by atoms with Gasteiger partial charge in [0, 0.05) is 12.6 Å². The van der Waals surface area contributed by atoms with Crippen molar-refractivity contribution in [1.82, 2.24) is 10.2 Å². The number of sulfonamides is 1. The fourth-order valence-corrected chi connectivity index (χ4v) is 6.98. The smallest absolute Gasteiger partial charge is 0.264 e. The summed E-state index contributed by atoms with van der Waals surface area (Å²) < 4.78 is 29.2. The number of hydrogen-bond donors (Lipinski definition) is 1. The highest BCUT2D eigenvalue weighted by molar-refractivity contribution is 7.92. The second-order valence-corrected chi connectivity index (χ2v) is 12.7. The van der Waals surface area contributed by atoms with E-state index in [1.807, 2.05) is 63.2 Å². The Hall–Kier alpha value is -3.65. The van der Waals surface area contributed by atoms with Crippen molar-refractivity contribution < 1.29 is 18.0 Å². The van der Waals surface area contributed by atoms with E-state index in [1.54, 1.807) is 29.2 Å². The third-order valence-electron chi connectivity index (χ3n) is 7.82. The van der Waals surface area contributed by atoms with Crippen LogP contribution >= 0.6 is 0 Å². The van der Waals surface area contributed by atoms with Gasteiger partial charge >= 0.3 is 0 Å². The van der Waals surface area contributed by atoms with Gasteiger partial charge in [0.2, 0.25) is 11.8 Å². The maximum absolute atomic E-state index is 14.2. The lowest BCUT2D eigenvalue weighted by atomic mass is 10.1. The SMILES string of the molecule is CC[C@@H](C(=O)NC1CCCC1)N(CCc1ccccc1)C(=O)CN(c1cc(C)ccc1C)S(=O)(=O)c1ccccc1. The van der Waals surface area contributed by atoms with Crippen LogP contribution < -0.4 is 9.62 Å². The number of anilines is 1. The van der Waals surface area contributed by atoms with Gasteiger partial charge in [-0.2, -0.15) is 0 Å². The summed E-state index contributed by atoms with van der Waals surface area (Å²) in [7, 11) is -4.08. The van der Waals surface area contributed by atoms with E-state index in [2.05, 4.69) is 5.32 Å². The minimum atomic E-state index is -4.08. The molecule has 218 valence electrons. The van der Waals surface area contributed by atoms with Crippen LogP contribution in [-0.2, 0) is 26.0 Å². The molecule has 0 unspecified atom stereocenters. The minimum Gasteiger partial charge on any atom is -0.352 e. The van der Waals surface area contributed by atoms with Crippen LogP contribution in [0.3, 0.4) is 0 Å². The van der Waals surface area contributed by atoms with Crippen molar-refractivity contribution in [3.63, 3.8) is 0 Å². The van der Waals surface area contributed by atoms with Crippen molar-refractivity contribution in [2.45, 2.75) is 76.3 Å². The molecule has 1 N–H and O–H groups in total. The molecule has 7 nitrogen and oxygen atoms in total. The molecule has 3 aromatic carbocycles. The minimum absolute atomic E-state index is 0.107. The molecule has 3 aromatic rings. The van der Waals surface area contributed by atoms with E-state index >= 15 is 0 Å². The van der Waals surface area contributed by atoms with E-state index in [0.717, 1.165) is 42.4 Å². The molecule has 1 atom stereocenters. The standard InChI is InChI=1S/C33H41N3O4S/c1-4-30(33(38)34-28-15-11-12-16-28)35(22-21-27-13-7-5-8-14-27)32(37)24-36(31-23-25(2)19-20-26(31)3)41(39,40)29-17-9-6-10-18-29/h5-10,13-14,17-20,23,28,30H,4,11-12,15-16,21-22,24H2,1-3H3,(H,34,38)/t30-/m0/s1. The first-order valence-corrected chi connectivity index (χ1v) is 15.9. The molecular formula is C33H41N3O4S. The van der Waals surface area contributed by atoms with Gasteiger partial charge in [-0.25, -0.2) is 8.42 Å². The number of aryl methyl sites for hydroxylation is 2. The maximum Gasteiger partial charge on any atom is 0.264 e. The van der Waals surface area contributed by atoms with E-state index in [4.69, 9.17) is 0 Å². The first-order chi connectivity index (χ1) is 19.7. The molecule has 0 aromatic heterocycles. The normalized spacial score (nSPS) is 14.4. The zero-order chi connectivity index (χ0) is 29.4. The lowest BCUT2D eigenvalue weighted by molar-refractivity contribution is -0.139. The van der Waals surface area contributed by atoms with Crippen molar-refractivity contribution in [3.05, 3.63) is 95.6 Å². The number of nitrogens with zero attached hydrogens (tertiary/aromatic N) is 2. The summed E-state index contributed by atoms with van der Waals surface area (Å²) in [6.45, 7) is 5.51. The summed E-state index contributed by atoms with van der Waals surface area (Å²) in [4.78, 5) is 29.4. The van der Waals surface area contributed by atoms with Gasteiger partial charge in [0.1, 0.15) is 12.6 Å². The van der Waals surface area contributed by atoms with E-state index in [9.17, 15) is 18.0 Å². The summed E-state index contributed by atoms with van der Waals surface area (Å²) in [5.74, 6) is -0.584. The highest BCUT2D eigenvalue weighted by atomic mass is 32.2. The Labute approximate surface area is 244 Å². The topological polar surface area (TPSA) is 86.8 Å². The molecular weight excluding hydrogens is 534 g/mol. The Kier molecular flexibility index (Phi) is 10.2. The molecule has 2 amide bonds. The fourth-order valence-electron chi connectivity index (χ4n) is 5.48. The van der Waals surface area contributed by atoms with Crippen LogP contribution in [0.4, 0.5) is 5.69 Å². The highest BCUT2D eigenvalue weighted by Gasteiger charge is 2.34. The number of carbonyl (C=O) groups is 2.